The van der Waals surface area contributed by atoms with Gasteiger partial charge in [0.1, 0.15) is 0 Å². The molecule has 0 aromatic carbocycles. The van der Waals surface area contributed by atoms with Crippen LogP contribution in [-0.4, -0.2) is 30.2 Å². The first-order valence-corrected chi connectivity index (χ1v) is 7.12. The highest BCUT2D eigenvalue weighted by Gasteiger charge is 2.17. The van der Waals surface area contributed by atoms with Gasteiger partial charge < -0.3 is 0 Å². The fourth-order valence-electron chi connectivity index (χ4n) is 1.19. The number of hydrogen-bond donors (Lipinski definition) is 2. The number of aromatic nitrogens is 2. The third kappa shape index (κ3) is 3.38. The fourth-order valence-corrected chi connectivity index (χ4v) is 2.87. The van der Waals surface area contributed by atoms with Crippen LogP contribution in [0.1, 0.15) is 18.2 Å². The molecule has 92 valence electrons. The first-order valence-electron chi connectivity index (χ1n) is 4.93. The molecule has 5 nitrogen and oxygen atoms in total. The van der Waals surface area contributed by atoms with Crippen molar-refractivity contribution in [3.8, 4) is 0 Å². The molecule has 1 atom stereocenters. The first kappa shape index (κ1) is 13.3. The summed E-state index contributed by atoms with van der Waals surface area (Å²) in [4.78, 5) is 0. The summed E-state index contributed by atoms with van der Waals surface area (Å²) in [7, 11) is -3.37. The van der Waals surface area contributed by atoms with E-state index < -0.39 is 10.0 Å². The second kappa shape index (κ2) is 5.05. The highest BCUT2D eigenvalue weighted by Crippen LogP contribution is 2.16. The summed E-state index contributed by atoms with van der Waals surface area (Å²) in [5, 5.41) is 6.61. The Morgan fingerprint density at radius 1 is 1.50 bits per heavy atom. The Labute approximate surface area is 101 Å². The minimum absolute atomic E-state index is 0.00183. The average Bonchev–Trinajstić information content (AvgIpc) is 2.48. The van der Waals surface area contributed by atoms with Gasteiger partial charge in [0.2, 0.25) is 10.0 Å². The molecule has 0 saturated carbocycles. The Bertz CT molecular complexity index is 455. The molecule has 0 amide bonds. The van der Waals surface area contributed by atoms with Gasteiger partial charge in [0.15, 0.2) is 5.82 Å². The van der Waals surface area contributed by atoms with Crippen LogP contribution in [0.3, 0.4) is 0 Å². The minimum Gasteiger partial charge on any atom is -0.280 e. The number of alkyl halides is 1. The van der Waals surface area contributed by atoms with Crippen LogP contribution in [0.4, 0.5) is 5.82 Å². The maximum Gasteiger partial charge on any atom is 0.234 e. The second-order valence-electron chi connectivity index (χ2n) is 3.97. The van der Waals surface area contributed by atoms with Crippen molar-refractivity contribution in [3.05, 3.63) is 11.3 Å². The van der Waals surface area contributed by atoms with E-state index in [0.29, 0.717) is 11.7 Å². The van der Waals surface area contributed by atoms with E-state index in [2.05, 4.69) is 14.9 Å². The molecule has 1 rings (SSSR count). The lowest BCUT2D eigenvalue weighted by Crippen LogP contribution is -2.22. The van der Waals surface area contributed by atoms with Gasteiger partial charge in [0, 0.05) is 17.1 Å². The van der Waals surface area contributed by atoms with Crippen molar-refractivity contribution in [2.75, 3.05) is 16.4 Å². The lowest BCUT2D eigenvalue weighted by Gasteiger charge is -2.09. The van der Waals surface area contributed by atoms with Crippen molar-refractivity contribution < 1.29 is 8.42 Å². The number of aryl methyl sites for hydroxylation is 1. The van der Waals surface area contributed by atoms with Crippen LogP contribution in [0, 0.1) is 19.8 Å². The summed E-state index contributed by atoms with van der Waals surface area (Å²) in [6.45, 7) is 5.43. The van der Waals surface area contributed by atoms with Crippen molar-refractivity contribution in [3.63, 3.8) is 0 Å². The zero-order valence-electron chi connectivity index (χ0n) is 9.54. The predicted molar refractivity (Wildman–Crippen MR) is 65.4 cm³/mol. The monoisotopic (exact) mass is 265 g/mol. The van der Waals surface area contributed by atoms with Gasteiger partial charge in [-0.1, -0.05) is 6.92 Å². The van der Waals surface area contributed by atoms with E-state index in [0.717, 1.165) is 11.3 Å². The van der Waals surface area contributed by atoms with E-state index >= 15 is 0 Å². The largest absolute Gasteiger partial charge is 0.280 e. The standard InChI is InChI=1S/C9H16ClN3O2S/c1-6(4-10)5-16(14,15)13-9-7(2)8(3)11-12-9/h6H,4-5H2,1-3H3,(H2,11,12,13). The Kier molecular flexibility index (Phi) is 4.21. The van der Waals surface area contributed by atoms with Gasteiger partial charge in [-0.05, 0) is 19.8 Å². The number of rotatable bonds is 5. The Morgan fingerprint density at radius 3 is 2.56 bits per heavy atom. The van der Waals surface area contributed by atoms with E-state index in [1.807, 2.05) is 13.8 Å². The second-order valence-corrected chi connectivity index (χ2v) is 6.04. The smallest absolute Gasteiger partial charge is 0.234 e. The first-order chi connectivity index (χ1) is 7.35. The summed E-state index contributed by atoms with van der Waals surface area (Å²) in [6, 6.07) is 0. The van der Waals surface area contributed by atoms with Crippen LogP contribution in [0.5, 0.6) is 0 Å². The SMILES string of the molecule is Cc1[nH]nc(NS(=O)(=O)CC(C)CCl)c1C. The van der Waals surface area contributed by atoms with E-state index in [-0.39, 0.29) is 11.7 Å². The maximum atomic E-state index is 11.7. The van der Waals surface area contributed by atoms with Crippen LogP contribution in [0.15, 0.2) is 0 Å². The summed E-state index contributed by atoms with van der Waals surface area (Å²) in [6.07, 6.45) is 0. The van der Waals surface area contributed by atoms with Gasteiger partial charge in [0.05, 0.1) is 5.75 Å². The number of hydrogen-bond acceptors (Lipinski definition) is 3. The van der Waals surface area contributed by atoms with Gasteiger partial charge in [-0.25, -0.2) is 8.42 Å². The molecule has 1 aromatic heterocycles. The molecule has 1 heterocycles. The van der Waals surface area contributed by atoms with Gasteiger partial charge >= 0.3 is 0 Å². The van der Waals surface area contributed by atoms with Crippen LogP contribution in [-0.2, 0) is 10.0 Å². The number of sulfonamides is 1. The molecular weight excluding hydrogens is 250 g/mol. The number of anilines is 1. The molecule has 0 radical (unpaired) electrons. The third-order valence-corrected chi connectivity index (χ3v) is 4.31. The van der Waals surface area contributed by atoms with Crippen molar-refractivity contribution >= 4 is 27.4 Å². The summed E-state index contributed by atoms with van der Waals surface area (Å²) >= 11 is 5.58. The predicted octanol–water partition coefficient (Wildman–Crippen LogP) is 1.64. The Balaban J connectivity index is 2.77. The molecule has 16 heavy (non-hydrogen) atoms. The van der Waals surface area contributed by atoms with Gasteiger partial charge in [-0.15, -0.1) is 11.6 Å². The Morgan fingerprint density at radius 2 is 2.12 bits per heavy atom. The molecule has 1 unspecified atom stereocenters. The van der Waals surface area contributed by atoms with Crippen LogP contribution >= 0.6 is 11.6 Å². The molecular formula is C9H16ClN3O2S. The zero-order chi connectivity index (χ0) is 12.3. The van der Waals surface area contributed by atoms with Gasteiger partial charge in [0.25, 0.3) is 0 Å². The molecule has 0 aliphatic carbocycles. The quantitative estimate of drug-likeness (QED) is 0.795. The van der Waals surface area contributed by atoms with Crippen molar-refractivity contribution in [2.45, 2.75) is 20.8 Å². The molecule has 0 fully saturated rings. The number of aromatic amines is 1. The van der Waals surface area contributed by atoms with Gasteiger partial charge in [-0.2, -0.15) is 5.10 Å². The van der Waals surface area contributed by atoms with Crippen molar-refractivity contribution in [1.82, 2.24) is 10.2 Å². The highest BCUT2D eigenvalue weighted by atomic mass is 35.5. The molecule has 1 aromatic rings. The van der Waals surface area contributed by atoms with Crippen molar-refractivity contribution in [1.29, 1.82) is 0 Å². The fraction of sp³-hybridized carbons (Fsp3) is 0.667. The third-order valence-electron chi connectivity index (χ3n) is 2.27. The topological polar surface area (TPSA) is 74.8 Å². The van der Waals surface area contributed by atoms with Gasteiger partial charge in [-0.3, -0.25) is 9.82 Å². The molecule has 0 spiro atoms. The molecule has 0 saturated heterocycles. The number of H-pyrrole nitrogens is 1. The number of nitrogens with zero attached hydrogens (tertiary/aromatic N) is 1. The minimum atomic E-state index is -3.37. The van der Waals surface area contributed by atoms with E-state index in [1.54, 1.807) is 6.92 Å². The lowest BCUT2D eigenvalue weighted by molar-refractivity contribution is 0.588. The molecule has 0 bridgehead atoms. The van der Waals surface area contributed by atoms with Crippen LogP contribution < -0.4 is 4.72 Å². The summed E-state index contributed by atoms with van der Waals surface area (Å²) in [5.74, 6) is 0.597. The molecule has 2 N–H and O–H groups in total. The van der Waals surface area contributed by atoms with Crippen molar-refractivity contribution in [2.24, 2.45) is 5.92 Å². The van der Waals surface area contributed by atoms with E-state index in [4.69, 9.17) is 11.6 Å². The molecule has 7 heteroatoms. The van der Waals surface area contributed by atoms with Crippen LogP contribution in [0.2, 0.25) is 0 Å². The van der Waals surface area contributed by atoms with Crippen LogP contribution in [0.25, 0.3) is 0 Å². The average molecular weight is 266 g/mol. The highest BCUT2D eigenvalue weighted by molar-refractivity contribution is 7.92. The maximum absolute atomic E-state index is 11.7. The summed E-state index contributed by atoms with van der Waals surface area (Å²) < 4.78 is 25.9. The normalized spacial score (nSPS) is 13.8. The van der Waals surface area contributed by atoms with E-state index in [1.165, 1.54) is 0 Å². The number of halogens is 1. The number of nitrogens with one attached hydrogen (secondary N) is 2. The lowest BCUT2D eigenvalue weighted by atomic mass is 10.3. The van der Waals surface area contributed by atoms with E-state index in [9.17, 15) is 8.42 Å². The Hall–Kier alpha value is -0.750. The summed E-state index contributed by atoms with van der Waals surface area (Å²) in [5.41, 5.74) is 1.66. The zero-order valence-corrected chi connectivity index (χ0v) is 11.1. The molecule has 0 aliphatic rings. The molecule has 0 aliphatic heterocycles.